The SMILES string of the molecule is Cl.O=C(Cn1[nH]c2ccccc2c1=O)NCc1cc2n(n1)CCNC2. The summed E-state index contributed by atoms with van der Waals surface area (Å²) in [6.07, 6.45) is 0. The number of hydrogen-bond donors (Lipinski definition) is 3. The number of H-pyrrole nitrogens is 1. The lowest BCUT2D eigenvalue weighted by Crippen LogP contribution is -2.31. The summed E-state index contributed by atoms with van der Waals surface area (Å²) in [5.41, 5.74) is 2.48. The van der Waals surface area contributed by atoms with Gasteiger partial charge >= 0.3 is 0 Å². The standard InChI is InChI=1S/C16H18N6O2.ClH/c23-15(10-22-16(24)13-3-1-2-4-14(13)20-22)18-8-11-7-12-9-17-5-6-21(12)19-11;/h1-4,7,17,20H,5-6,8-10H2,(H,18,23);1H. The number of nitrogens with zero attached hydrogens (tertiary/aromatic N) is 3. The molecule has 0 saturated heterocycles. The fraction of sp³-hybridized carbons (Fsp3) is 0.312. The van der Waals surface area contributed by atoms with Crippen molar-refractivity contribution in [1.82, 2.24) is 30.2 Å². The van der Waals surface area contributed by atoms with Gasteiger partial charge in [0.25, 0.3) is 5.56 Å². The van der Waals surface area contributed by atoms with E-state index in [-0.39, 0.29) is 30.4 Å². The predicted octanol–water partition coefficient (Wildman–Crippen LogP) is 0.367. The highest BCUT2D eigenvalue weighted by atomic mass is 35.5. The van der Waals surface area contributed by atoms with Crippen LogP contribution in [-0.2, 0) is 31.0 Å². The first-order valence-corrected chi connectivity index (χ1v) is 7.91. The molecule has 0 atom stereocenters. The quantitative estimate of drug-likeness (QED) is 0.624. The van der Waals surface area contributed by atoms with Gasteiger partial charge in [0.05, 0.1) is 35.4 Å². The van der Waals surface area contributed by atoms with E-state index in [1.54, 1.807) is 12.1 Å². The molecular formula is C16H19ClN6O2. The van der Waals surface area contributed by atoms with Crippen LogP contribution in [0.15, 0.2) is 35.1 Å². The van der Waals surface area contributed by atoms with Crippen molar-refractivity contribution in [1.29, 1.82) is 0 Å². The van der Waals surface area contributed by atoms with Crippen molar-refractivity contribution in [2.45, 2.75) is 26.2 Å². The number of amides is 1. The maximum atomic E-state index is 12.2. The maximum absolute atomic E-state index is 12.2. The molecule has 0 saturated carbocycles. The van der Waals surface area contributed by atoms with Gasteiger partial charge in [-0.25, -0.2) is 4.68 Å². The number of hydrogen-bond acceptors (Lipinski definition) is 4. The van der Waals surface area contributed by atoms with E-state index in [0.717, 1.165) is 36.5 Å². The van der Waals surface area contributed by atoms with Gasteiger partial charge in [0.15, 0.2) is 0 Å². The van der Waals surface area contributed by atoms with Gasteiger partial charge in [-0.3, -0.25) is 19.4 Å². The molecule has 3 N–H and O–H groups in total. The summed E-state index contributed by atoms with van der Waals surface area (Å²) >= 11 is 0. The Morgan fingerprint density at radius 1 is 1.32 bits per heavy atom. The van der Waals surface area contributed by atoms with E-state index in [4.69, 9.17) is 0 Å². The van der Waals surface area contributed by atoms with Gasteiger partial charge in [-0.05, 0) is 18.2 Å². The lowest BCUT2D eigenvalue weighted by molar-refractivity contribution is -0.122. The van der Waals surface area contributed by atoms with Gasteiger partial charge in [0.1, 0.15) is 6.54 Å². The molecule has 0 unspecified atom stereocenters. The average molecular weight is 363 g/mol. The molecule has 0 bridgehead atoms. The molecule has 1 amide bonds. The number of benzene rings is 1. The molecule has 0 aliphatic carbocycles. The summed E-state index contributed by atoms with van der Waals surface area (Å²) in [5.74, 6) is -0.229. The fourth-order valence-corrected chi connectivity index (χ4v) is 2.95. The first-order valence-electron chi connectivity index (χ1n) is 7.91. The van der Waals surface area contributed by atoms with Crippen molar-refractivity contribution in [2.75, 3.05) is 6.54 Å². The van der Waals surface area contributed by atoms with E-state index in [2.05, 4.69) is 20.8 Å². The van der Waals surface area contributed by atoms with E-state index >= 15 is 0 Å². The molecule has 0 radical (unpaired) electrons. The minimum Gasteiger partial charge on any atom is -0.349 e. The van der Waals surface area contributed by atoms with Crippen molar-refractivity contribution >= 4 is 29.2 Å². The Labute approximate surface area is 149 Å². The molecule has 3 heterocycles. The monoisotopic (exact) mass is 362 g/mol. The highest BCUT2D eigenvalue weighted by molar-refractivity contribution is 5.85. The van der Waals surface area contributed by atoms with E-state index in [1.807, 2.05) is 22.9 Å². The Bertz CT molecular complexity index is 934. The first-order chi connectivity index (χ1) is 11.7. The van der Waals surface area contributed by atoms with E-state index in [1.165, 1.54) is 4.68 Å². The van der Waals surface area contributed by atoms with Gasteiger partial charge in [0, 0.05) is 13.1 Å². The maximum Gasteiger partial charge on any atom is 0.274 e. The van der Waals surface area contributed by atoms with Crippen LogP contribution >= 0.6 is 12.4 Å². The molecule has 3 aromatic rings. The predicted molar refractivity (Wildman–Crippen MR) is 95.6 cm³/mol. The zero-order chi connectivity index (χ0) is 16.5. The highest BCUT2D eigenvalue weighted by Crippen LogP contribution is 2.08. The van der Waals surface area contributed by atoms with Crippen LogP contribution in [0.4, 0.5) is 0 Å². The van der Waals surface area contributed by atoms with Gasteiger partial charge in [0.2, 0.25) is 5.91 Å². The van der Waals surface area contributed by atoms with Crippen LogP contribution in [0.2, 0.25) is 0 Å². The molecule has 2 aromatic heterocycles. The molecule has 4 rings (SSSR count). The molecule has 0 fully saturated rings. The summed E-state index contributed by atoms with van der Waals surface area (Å²) in [6, 6.07) is 9.19. The fourth-order valence-electron chi connectivity index (χ4n) is 2.95. The molecular weight excluding hydrogens is 344 g/mol. The summed E-state index contributed by atoms with van der Waals surface area (Å²) in [5, 5.41) is 14.1. The summed E-state index contributed by atoms with van der Waals surface area (Å²) in [4.78, 5) is 24.3. The van der Waals surface area contributed by atoms with Gasteiger partial charge in [-0.2, -0.15) is 5.10 Å². The van der Waals surface area contributed by atoms with Crippen LogP contribution in [0.3, 0.4) is 0 Å². The number of para-hydroxylation sites is 1. The molecule has 0 spiro atoms. The number of aromatic amines is 1. The van der Waals surface area contributed by atoms with Crippen LogP contribution in [0.1, 0.15) is 11.4 Å². The molecule has 1 aliphatic rings. The van der Waals surface area contributed by atoms with E-state index in [0.29, 0.717) is 11.9 Å². The van der Waals surface area contributed by atoms with Crippen LogP contribution < -0.4 is 16.2 Å². The molecule has 9 heteroatoms. The normalized spacial score (nSPS) is 13.3. The Balaban J connectivity index is 0.00000182. The number of nitrogens with one attached hydrogen (secondary N) is 3. The largest absolute Gasteiger partial charge is 0.349 e. The third kappa shape index (κ3) is 3.45. The average Bonchev–Trinajstić information content (AvgIpc) is 3.15. The van der Waals surface area contributed by atoms with Crippen LogP contribution in [-0.4, -0.2) is 32.0 Å². The lowest BCUT2D eigenvalue weighted by atomic mass is 10.3. The van der Waals surface area contributed by atoms with Crippen molar-refractivity contribution < 1.29 is 4.79 Å². The number of aromatic nitrogens is 4. The van der Waals surface area contributed by atoms with Crippen LogP contribution in [0.5, 0.6) is 0 Å². The van der Waals surface area contributed by atoms with Crippen molar-refractivity contribution in [2.24, 2.45) is 0 Å². The highest BCUT2D eigenvalue weighted by Gasteiger charge is 2.13. The van der Waals surface area contributed by atoms with Crippen molar-refractivity contribution in [3.63, 3.8) is 0 Å². The molecule has 132 valence electrons. The molecule has 1 aromatic carbocycles. The molecule has 1 aliphatic heterocycles. The minimum absolute atomic E-state index is 0. The number of halogens is 1. The number of carbonyl (C=O) groups excluding carboxylic acids is 1. The second-order valence-corrected chi connectivity index (χ2v) is 5.85. The Kier molecular flexibility index (Phi) is 4.91. The Hall–Kier alpha value is -2.58. The summed E-state index contributed by atoms with van der Waals surface area (Å²) in [7, 11) is 0. The zero-order valence-electron chi connectivity index (χ0n) is 13.5. The minimum atomic E-state index is -0.229. The third-order valence-electron chi connectivity index (χ3n) is 4.15. The summed E-state index contributed by atoms with van der Waals surface area (Å²) in [6.45, 7) is 2.86. The second-order valence-electron chi connectivity index (χ2n) is 5.85. The van der Waals surface area contributed by atoms with E-state index < -0.39 is 0 Å². The van der Waals surface area contributed by atoms with Crippen molar-refractivity contribution in [3.8, 4) is 0 Å². The first kappa shape index (κ1) is 17.2. The third-order valence-corrected chi connectivity index (χ3v) is 4.15. The zero-order valence-corrected chi connectivity index (χ0v) is 14.3. The van der Waals surface area contributed by atoms with Crippen LogP contribution in [0, 0.1) is 0 Å². The Morgan fingerprint density at radius 2 is 2.16 bits per heavy atom. The van der Waals surface area contributed by atoms with Crippen LogP contribution in [0.25, 0.3) is 10.9 Å². The van der Waals surface area contributed by atoms with Gasteiger partial charge in [-0.15, -0.1) is 12.4 Å². The van der Waals surface area contributed by atoms with Gasteiger partial charge in [-0.1, -0.05) is 12.1 Å². The topological polar surface area (TPSA) is 96.7 Å². The summed E-state index contributed by atoms with van der Waals surface area (Å²) < 4.78 is 3.28. The Morgan fingerprint density at radius 3 is 2.96 bits per heavy atom. The smallest absolute Gasteiger partial charge is 0.274 e. The second kappa shape index (κ2) is 7.12. The van der Waals surface area contributed by atoms with Gasteiger partial charge < -0.3 is 10.6 Å². The van der Waals surface area contributed by atoms with Crippen molar-refractivity contribution in [3.05, 3.63) is 52.1 Å². The number of fused-ring (bicyclic) bond motifs is 2. The molecule has 8 nitrogen and oxygen atoms in total. The van der Waals surface area contributed by atoms with E-state index in [9.17, 15) is 9.59 Å². The lowest BCUT2D eigenvalue weighted by Gasteiger charge is -2.13. The number of rotatable bonds is 4. The molecule has 25 heavy (non-hydrogen) atoms. The number of carbonyl (C=O) groups is 1.